The molecule has 5 nitrogen and oxygen atoms in total. The molecule has 0 fully saturated rings. The second-order valence-corrected chi connectivity index (χ2v) is 5.30. The summed E-state index contributed by atoms with van der Waals surface area (Å²) in [4.78, 5) is 12.4. The highest BCUT2D eigenvalue weighted by molar-refractivity contribution is 6.21. The predicted octanol–water partition coefficient (Wildman–Crippen LogP) is 2.14. The van der Waals surface area contributed by atoms with Crippen molar-refractivity contribution in [2.75, 3.05) is 33.4 Å². The van der Waals surface area contributed by atoms with Crippen molar-refractivity contribution in [2.24, 2.45) is 0 Å². The van der Waals surface area contributed by atoms with Gasteiger partial charge in [-0.15, -0.1) is 11.6 Å². The molecule has 1 unspecified atom stereocenters. The first-order chi connectivity index (χ1) is 9.56. The quantitative estimate of drug-likeness (QED) is 0.816. The molecule has 1 heterocycles. The predicted molar refractivity (Wildman–Crippen MR) is 75.8 cm³/mol. The summed E-state index contributed by atoms with van der Waals surface area (Å²) in [6, 6.07) is 5.66. The molecule has 0 bridgehead atoms. The molecular formula is C14H18ClNO4. The molecular weight excluding hydrogens is 282 g/mol. The van der Waals surface area contributed by atoms with Crippen LogP contribution >= 0.6 is 11.6 Å². The van der Waals surface area contributed by atoms with Gasteiger partial charge in [0.05, 0.1) is 11.8 Å². The minimum absolute atomic E-state index is 0.112. The van der Waals surface area contributed by atoms with E-state index in [4.69, 9.17) is 26.2 Å². The first kappa shape index (κ1) is 14.9. The van der Waals surface area contributed by atoms with Crippen LogP contribution in [0.25, 0.3) is 0 Å². The number of likely N-dealkylation sites (N-methyl/N-ethyl adjacent to an activating group) is 1. The van der Waals surface area contributed by atoms with E-state index in [9.17, 15) is 4.79 Å². The fraction of sp³-hybridized carbons (Fsp3) is 0.500. The average Bonchev–Trinajstić information content (AvgIpc) is 2.44. The normalized spacial score (nSPS) is 15.2. The van der Waals surface area contributed by atoms with Crippen LogP contribution in [0.3, 0.4) is 0 Å². The lowest BCUT2D eigenvalue weighted by Crippen LogP contribution is -2.25. The number of carboxylic acids is 1. The molecule has 6 heteroatoms. The number of fused-ring (bicyclic) bond motifs is 1. The SMILES string of the molecule is CN(CCC(=O)O)CC(Cl)c1ccc2c(c1)OCCO2. The molecule has 1 aliphatic heterocycles. The average molecular weight is 300 g/mol. The maximum Gasteiger partial charge on any atom is 0.304 e. The second kappa shape index (κ2) is 6.81. The Labute approximate surface area is 123 Å². The van der Waals surface area contributed by atoms with Crippen molar-refractivity contribution in [3.8, 4) is 11.5 Å². The number of nitrogens with zero attached hydrogens (tertiary/aromatic N) is 1. The Morgan fingerprint density at radius 1 is 1.40 bits per heavy atom. The number of hydrogen-bond acceptors (Lipinski definition) is 4. The Kier molecular flexibility index (Phi) is 5.09. The molecule has 0 saturated carbocycles. The molecule has 1 aromatic carbocycles. The van der Waals surface area contributed by atoms with E-state index in [2.05, 4.69) is 0 Å². The minimum Gasteiger partial charge on any atom is -0.486 e. The molecule has 1 atom stereocenters. The van der Waals surface area contributed by atoms with E-state index in [1.165, 1.54) is 0 Å². The van der Waals surface area contributed by atoms with Gasteiger partial charge >= 0.3 is 5.97 Å². The number of benzene rings is 1. The number of carboxylic acid groups (broad SMARTS) is 1. The van der Waals surface area contributed by atoms with Gasteiger partial charge in [-0.3, -0.25) is 4.79 Å². The fourth-order valence-electron chi connectivity index (χ4n) is 2.01. The Morgan fingerprint density at radius 2 is 2.10 bits per heavy atom. The van der Waals surface area contributed by atoms with Crippen molar-refractivity contribution in [2.45, 2.75) is 11.8 Å². The van der Waals surface area contributed by atoms with Crippen molar-refractivity contribution in [3.05, 3.63) is 23.8 Å². The van der Waals surface area contributed by atoms with E-state index >= 15 is 0 Å². The number of halogens is 1. The van der Waals surface area contributed by atoms with Crippen LogP contribution < -0.4 is 9.47 Å². The van der Waals surface area contributed by atoms with Crippen molar-refractivity contribution in [1.29, 1.82) is 0 Å². The Morgan fingerprint density at radius 3 is 2.80 bits per heavy atom. The van der Waals surface area contributed by atoms with E-state index in [0.717, 1.165) is 11.3 Å². The highest BCUT2D eigenvalue weighted by Gasteiger charge is 2.17. The third-order valence-electron chi connectivity index (χ3n) is 3.11. The molecule has 0 aliphatic carbocycles. The first-order valence-corrected chi connectivity index (χ1v) is 6.94. The molecule has 110 valence electrons. The molecule has 1 N–H and O–H groups in total. The van der Waals surface area contributed by atoms with Gasteiger partial charge in [-0.25, -0.2) is 0 Å². The van der Waals surface area contributed by atoms with Crippen LogP contribution in [0.2, 0.25) is 0 Å². The number of alkyl halides is 1. The first-order valence-electron chi connectivity index (χ1n) is 6.50. The minimum atomic E-state index is -0.803. The second-order valence-electron chi connectivity index (χ2n) is 4.78. The highest BCUT2D eigenvalue weighted by atomic mass is 35.5. The summed E-state index contributed by atoms with van der Waals surface area (Å²) in [6.45, 7) is 2.16. The van der Waals surface area contributed by atoms with Crippen LogP contribution in [0.1, 0.15) is 17.4 Å². The third kappa shape index (κ3) is 4.02. The third-order valence-corrected chi connectivity index (χ3v) is 3.50. The van der Waals surface area contributed by atoms with Gasteiger partial charge < -0.3 is 19.5 Å². The van der Waals surface area contributed by atoms with Crippen LogP contribution in [0.15, 0.2) is 18.2 Å². The molecule has 1 aromatic rings. The number of hydrogen-bond donors (Lipinski definition) is 1. The van der Waals surface area contributed by atoms with Crippen LogP contribution in [-0.4, -0.2) is 49.3 Å². The molecule has 2 rings (SSSR count). The topological polar surface area (TPSA) is 59.0 Å². The monoisotopic (exact) mass is 299 g/mol. The summed E-state index contributed by atoms with van der Waals surface area (Å²) < 4.78 is 11.0. The number of carbonyl (C=O) groups is 1. The Bertz CT molecular complexity index is 480. The molecule has 1 aliphatic rings. The molecule has 0 aromatic heterocycles. The van der Waals surface area contributed by atoms with Gasteiger partial charge in [0, 0.05) is 13.1 Å². The number of rotatable bonds is 6. The van der Waals surface area contributed by atoms with Crippen molar-refractivity contribution >= 4 is 17.6 Å². The standard InChI is InChI=1S/C14H18ClNO4/c1-16(5-4-14(17)18)9-11(15)10-2-3-12-13(8-10)20-7-6-19-12/h2-3,8,11H,4-7,9H2,1H3,(H,17,18). The van der Waals surface area contributed by atoms with Gasteiger partial charge in [0.2, 0.25) is 0 Å². The smallest absolute Gasteiger partial charge is 0.304 e. The fourth-order valence-corrected chi connectivity index (χ4v) is 2.38. The van der Waals surface area contributed by atoms with Crippen LogP contribution in [0, 0.1) is 0 Å². The number of ether oxygens (including phenoxy) is 2. The van der Waals surface area contributed by atoms with E-state index in [-0.39, 0.29) is 11.8 Å². The maximum absolute atomic E-state index is 10.5. The zero-order chi connectivity index (χ0) is 14.5. The zero-order valence-electron chi connectivity index (χ0n) is 11.3. The summed E-state index contributed by atoms with van der Waals surface area (Å²) >= 11 is 6.37. The van der Waals surface area contributed by atoms with Gasteiger partial charge in [0.15, 0.2) is 11.5 Å². The Hall–Kier alpha value is -1.46. The van der Waals surface area contributed by atoms with Crippen molar-refractivity contribution in [3.63, 3.8) is 0 Å². The maximum atomic E-state index is 10.5. The van der Waals surface area contributed by atoms with Crippen LogP contribution in [0.4, 0.5) is 0 Å². The molecule has 0 saturated heterocycles. The lowest BCUT2D eigenvalue weighted by atomic mass is 10.1. The summed E-state index contributed by atoms with van der Waals surface area (Å²) in [7, 11) is 1.86. The van der Waals surface area contributed by atoms with Gasteiger partial charge in [0.1, 0.15) is 13.2 Å². The van der Waals surface area contributed by atoms with E-state index < -0.39 is 5.97 Å². The lowest BCUT2D eigenvalue weighted by Gasteiger charge is -2.22. The highest BCUT2D eigenvalue weighted by Crippen LogP contribution is 2.34. The van der Waals surface area contributed by atoms with E-state index in [0.29, 0.717) is 32.1 Å². The van der Waals surface area contributed by atoms with Crippen molar-refractivity contribution in [1.82, 2.24) is 4.90 Å². The molecule has 20 heavy (non-hydrogen) atoms. The summed E-state index contributed by atoms with van der Waals surface area (Å²) in [5.41, 5.74) is 0.943. The van der Waals surface area contributed by atoms with Gasteiger partial charge in [-0.05, 0) is 24.7 Å². The van der Waals surface area contributed by atoms with Crippen molar-refractivity contribution < 1.29 is 19.4 Å². The summed E-state index contributed by atoms with van der Waals surface area (Å²) in [5.74, 6) is 0.651. The van der Waals surface area contributed by atoms with Crippen LogP contribution in [0.5, 0.6) is 11.5 Å². The summed E-state index contributed by atoms with van der Waals surface area (Å²) in [6.07, 6.45) is 0.112. The number of aliphatic carboxylic acids is 1. The largest absolute Gasteiger partial charge is 0.486 e. The lowest BCUT2D eigenvalue weighted by molar-refractivity contribution is -0.137. The van der Waals surface area contributed by atoms with E-state index in [1.54, 1.807) is 0 Å². The van der Waals surface area contributed by atoms with Crippen LogP contribution in [-0.2, 0) is 4.79 Å². The van der Waals surface area contributed by atoms with E-state index in [1.807, 2.05) is 30.1 Å². The zero-order valence-corrected chi connectivity index (χ0v) is 12.1. The molecule has 0 amide bonds. The summed E-state index contributed by atoms with van der Waals surface area (Å²) in [5, 5.41) is 8.44. The molecule has 0 radical (unpaired) electrons. The molecule has 0 spiro atoms. The Balaban J connectivity index is 1.95. The van der Waals surface area contributed by atoms with Gasteiger partial charge in [0.25, 0.3) is 0 Å². The van der Waals surface area contributed by atoms with Gasteiger partial charge in [-0.2, -0.15) is 0 Å². The van der Waals surface area contributed by atoms with Gasteiger partial charge in [-0.1, -0.05) is 6.07 Å².